The third-order valence-corrected chi connectivity index (χ3v) is 3.95. The zero-order valence-electron chi connectivity index (χ0n) is 12.7. The summed E-state index contributed by atoms with van der Waals surface area (Å²) in [6, 6.07) is 15.7. The largest absolute Gasteiger partial charge is 0.444 e. The molecule has 1 amide bonds. The topological polar surface area (TPSA) is 55.6 Å². The highest BCUT2D eigenvalue weighted by atomic mass is 16.6. The highest BCUT2D eigenvalue weighted by Crippen LogP contribution is 2.30. The maximum atomic E-state index is 12.3. The van der Waals surface area contributed by atoms with Crippen molar-refractivity contribution in [3.05, 3.63) is 65.2 Å². The van der Waals surface area contributed by atoms with Gasteiger partial charge in [-0.25, -0.2) is 4.79 Å². The summed E-state index contributed by atoms with van der Waals surface area (Å²) in [6.45, 7) is 2.91. The van der Waals surface area contributed by atoms with Crippen LogP contribution in [0.15, 0.2) is 48.5 Å². The highest BCUT2D eigenvalue weighted by Gasteiger charge is 2.26. The normalized spacial score (nSPS) is 14.5. The highest BCUT2D eigenvalue weighted by molar-refractivity contribution is 5.90. The monoisotopic (exact) mass is 296 g/mol. The van der Waals surface area contributed by atoms with Gasteiger partial charge in [0.15, 0.2) is 0 Å². The molecule has 2 N–H and O–H groups in total. The van der Waals surface area contributed by atoms with E-state index in [9.17, 15) is 4.79 Å². The molecule has 114 valence electrons. The van der Waals surface area contributed by atoms with E-state index in [4.69, 9.17) is 10.5 Å². The third kappa shape index (κ3) is 2.97. The summed E-state index contributed by atoms with van der Waals surface area (Å²) in [5, 5.41) is 0. The average Bonchev–Trinajstić information content (AvgIpc) is 2.96. The molecule has 0 saturated carbocycles. The number of hydrogen-bond donors (Lipinski definition) is 1. The molecule has 0 unspecified atom stereocenters. The number of rotatable bonds is 3. The van der Waals surface area contributed by atoms with E-state index in [1.165, 1.54) is 0 Å². The van der Waals surface area contributed by atoms with Crippen LogP contribution < -0.4 is 10.6 Å². The van der Waals surface area contributed by atoms with Crippen molar-refractivity contribution >= 4 is 11.8 Å². The first-order chi connectivity index (χ1) is 10.6. The van der Waals surface area contributed by atoms with E-state index in [2.05, 4.69) is 6.07 Å². The molecule has 2 aromatic carbocycles. The molecule has 3 rings (SSSR count). The Balaban J connectivity index is 1.69. The number of fused-ring (bicyclic) bond motifs is 1. The van der Waals surface area contributed by atoms with Crippen molar-refractivity contribution in [3.8, 4) is 0 Å². The zero-order valence-corrected chi connectivity index (χ0v) is 12.7. The summed E-state index contributed by atoms with van der Waals surface area (Å²) < 4.78 is 5.41. The Morgan fingerprint density at radius 3 is 2.77 bits per heavy atom. The SMILES string of the molecule is C[C@H](N)c1ccc2c(c1)CCN2C(=O)OCc1ccccc1. The molecular weight excluding hydrogens is 276 g/mol. The van der Waals surface area contributed by atoms with E-state index in [1.54, 1.807) is 4.90 Å². The van der Waals surface area contributed by atoms with Crippen molar-refractivity contribution in [2.24, 2.45) is 5.73 Å². The molecule has 0 spiro atoms. The number of nitrogens with zero attached hydrogens (tertiary/aromatic N) is 1. The molecule has 1 atom stereocenters. The van der Waals surface area contributed by atoms with Crippen LogP contribution in [0, 0.1) is 0 Å². The Hall–Kier alpha value is -2.33. The summed E-state index contributed by atoms with van der Waals surface area (Å²) in [6.07, 6.45) is 0.548. The van der Waals surface area contributed by atoms with Crippen molar-refractivity contribution in [2.45, 2.75) is 26.0 Å². The van der Waals surface area contributed by atoms with E-state index in [1.807, 2.05) is 49.4 Å². The standard InChI is InChI=1S/C18H20N2O2/c1-13(19)15-7-8-17-16(11-15)9-10-20(17)18(21)22-12-14-5-3-2-4-6-14/h2-8,11,13H,9-10,12,19H2,1H3/t13-/m0/s1. The Morgan fingerprint density at radius 1 is 1.27 bits per heavy atom. The van der Waals surface area contributed by atoms with E-state index >= 15 is 0 Å². The van der Waals surface area contributed by atoms with Crippen LogP contribution in [0.4, 0.5) is 10.5 Å². The van der Waals surface area contributed by atoms with Gasteiger partial charge >= 0.3 is 6.09 Å². The van der Waals surface area contributed by atoms with Crippen LogP contribution >= 0.6 is 0 Å². The van der Waals surface area contributed by atoms with Crippen LogP contribution in [-0.2, 0) is 17.8 Å². The van der Waals surface area contributed by atoms with Gasteiger partial charge in [-0.1, -0.05) is 42.5 Å². The molecule has 4 nitrogen and oxygen atoms in total. The minimum absolute atomic E-state index is 0.00406. The quantitative estimate of drug-likeness (QED) is 0.944. The van der Waals surface area contributed by atoms with Gasteiger partial charge in [-0.3, -0.25) is 4.90 Å². The molecule has 0 saturated heterocycles. The number of benzene rings is 2. The van der Waals surface area contributed by atoms with Crippen LogP contribution in [0.25, 0.3) is 0 Å². The van der Waals surface area contributed by atoms with Crippen LogP contribution in [0.2, 0.25) is 0 Å². The van der Waals surface area contributed by atoms with Gasteiger partial charge in [0.05, 0.1) is 5.69 Å². The summed E-state index contributed by atoms with van der Waals surface area (Å²) in [5.74, 6) is 0. The third-order valence-electron chi connectivity index (χ3n) is 3.95. The van der Waals surface area contributed by atoms with Gasteiger partial charge < -0.3 is 10.5 Å². The molecular formula is C18H20N2O2. The molecule has 1 aliphatic rings. The zero-order chi connectivity index (χ0) is 15.5. The fraction of sp³-hybridized carbons (Fsp3) is 0.278. The second-order valence-electron chi connectivity index (χ2n) is 5.62. The van der Waals surface area contributed by atoms with Crippen molar-refractivity contribution in [3.63, 3.8) is 0 Å². The number of nitrogens with two attached hydrogens (primary N) is 1. The first-order valence-electron chi connectivity index (χ1n) is 7.52. The molecule has 0 bridgehead atoms. The van der Waals surface area contributed by atoms with Gasteiger partial charge in [-0.2, -0.15) is 0 Å². The van der Waals surface area contributed by atoms with Gasteiger partial charge in [-0.05, 0) is 36.1 Å². The number of hydrogen-bond acceptors (Lipinski definition) is 3. The van der Waals surface area contributed by atoms with Crippen molar-refractivity contribution in [1.29, 1.82) is 0 Å². The first kappa shape index (κ1) is 14.6. The Bertz CT molecular complexity index is 668. The summed E-state index contributed by atoms with van der Waals surface area (Å²) in [5.41, 5.74) is 10.1. The summed E-state index contributed by atoms with van der Waals surface area (Å²) in [4.78, 5) is 14.0. The summed E-state index contributed by atoms with van der Waals surface area (Å²) >= 11 is 0. The minimum atomic E-state index is -0.295. The predicted octanol–water partition coefficient (Wildman–Crippen LogP) is 3.41. The smallest absolute Gasteiger partial charge is 0.414 e. The Morgan fingerprint density at radius 2 is 2.05 bits per heavy atom. The van der Waals surface area contributed by atoms with E-state index < -0.39 is 0 Å². The lowest BCUT2D eigenvalue weighted by Crippen LogP contribution is -2.29. The number of carbonyl (C=O) groups is 1. The van der Waals surface area contributed by atoms with Crippen LogP contribution in [-0.4, -0.2) is 12.6 Å². The summed E-state index contributed by atoms with van der Waals surface area (Å²) in [7, 11) is 0. The van der Waals surface area contributed by atoms with Crippen molar-refractivity contribution in [1.82, 2.24) is 0 Å². The van der Waals surface area contributed by atoms with Gasteiger partial charge in [0.25, 0.3) is 0 Å². The van der Waals surface area contributed by atoms with Gasteiger partial charge in [0.1, 0.15) is 6.61 Å². The molecule has 1 aliphatic heterocycles. The van der Waals surface area contributed by atoms with E-state index in [0.29, 0.717) is 13.2 Å². The maximum absolute atomic E-state index is 12.3. The molecule has 0 aliphatic carbocycles. The Kier molecular flexibility index (Phi) is 4.11. The molecule has 2 aromatic rings. The molecule has 0 aromatic heterocycles. The molecule has 22 heavy (non-hydrogen) atoms. The van der Waals surface area contributed by atoms with Crippen molar-refractivity contribution < 1.29 is 9.53 Å². The number of anilines is 1. The van der Waals surface area contributed by atoms with Crippen LogP contribution in [0.1, 0.15) is 29.7 Å². The van der Waals surface area contributed by atoms with Gasteiger partial charge in [0.2, 0.25) is 0 Å². The second-order valence-corrected chi connectivity index (χ2v) is 5.62. The minimum Gasteiger partial charge on any atom is -0.444 e. The molecule has 0 fully saturated rings. The fourth-order valence-corrected chi connectivity index (χ4v) is 2.69. The lowest BCUT2D eigenvalue weighted by atomic mass is 10.0. The van der Waals surface area contributed by atoms with Crippen molar-refractivity contribution in [2.75, 3.05) is 11.4 Å². The van der Waals surface area contributed by atoms with Gasteiger partial charge in [-0.15, -0.1) is 0 Å². The number of amides is 1. The Labute approximate surface area is 130 Å². The average molecular weight is 296 g/mol. The molecule has 1 heterocycles. The lowest BCUT2D eigenvalue weighted by Gasteiger charge is -2.17. The van der Waals surface area contributed by atoms with E-state index in [0.717, 1.165) is 28.8 Å². The van der Waals surface area contributed by atoms with Crippen LogP contribution in [0.5, 0.6) is 0 Å². The van der Waals surface area contributed by atoms with Gasteiger partial charge in [0, 0.05) is 12.6 Å². The van der Waals surface area contributed by atoms with E-state index in [-0.39, 0.29) is 12.1 Å². The molecule has 4 heteroatoms. The lowest BCUT2D eigenvalue weighted by molar-refractivity contribution is 0.147. The van der Waals surface area contributed by atoms with Crippen LogP contribution in [0.3, 0.4) is 0 Å². The fourth-order valence-electron chi connectivity index (χ4n) is 2.69. The second kappa shape index (κ2) is 6.20. The predicted molar refractivity (Wildman–Crippen MR) is 86.7 cm³/mol. The maximum Gasteiger partial charge on any atom is 0.414 e. The molecule has 0 radical (unpaired) electrons. The number of ether oxygens (including phenoxy) is 1. The number of carbonyl (C=O) groups excluding carboxylic acids is 1. The first-order valence-corrected chi connectivity index (χ1v) is 7.52.